The van der Waals surface area contributed by atoms with Gasteiger partial charge in [-0.05, 0) is 83.9 Å². The molecule has 2 aromatic carbocycles. The van der Waals surface area contributed by atoms with Crippen LogP contribution in [-0.4, -0.2) is 96.4 Å². The Bertz CT molecular complexity index is 1910. The normalized spacial score (nSPS) is 23.0. The van der Waals surface area contributed by atoms with Gasteiger partial charge in [0.1, 0.15) is 24.9 Å². The van der Waals surface area contributed by atoms with Gasteiger partial charge in [0, 0.05) is 33.5 Å². The van der Waals surface area contributed by atoms with Crippen molar-refractivity contribution in [2.75, 3.05) is 20.3 Å². The van der Waals surface area contributed by atoms with Gasteiger partial charge in [0.05, 0.1) is 23.7 Å². The Morgan fingerprint density at radius 3 is 2.00 bits per heavy atom. The highest BCUT2D eigenvalue weighted by molar-refractivity contribution is 6.99. The summed E-state index contributed by atoms with van der Waals surface area (Å²) in [6.07, 6.45) is 7.24. The van der Waals surface area contributed by atoms with Crippen LogP contribution >= 0.6 is 0 Å². The summed E-state index contributed by atoms with van der Waals surface area (Å²) in [6.45, 7) is 29.5. The predicted octanol–water partition coefficient (Wildman–Crippen LogP) is 10.2. The molecule has 1 unspecified atom stereocenters. The zero-order chi connectivity index (χ0) is 49.8. The third-order valence-corrected chi connectivity index (χ3v) is 24.7. The Morgan fingerprint density at radius 2 is 1.49 bits per heavy atom. The highest BCUT2D eigenvalue weighted by Crippen LogP contribution is 2.45. The molecule has 8 atom stereocenters. The first-order chi connectivity index (χ1) is 31.4. The lowest BCUT2D eigenvalue weighted by Crippen LogP contribution is -2.66. The van der Waals surface area contributed by atoms with Crippen molar-refractivity contribution < 1.29 is 47.2 Å². The zero-order valence-electron chi connectivity index (χ0n) is 43.4. The van der Waals surface area contributed by atoms with Gasteiger partial charge in [-0.2, -0.15) is 0 Å². The van der Waals surface area contributed by atoms with Gasteiger partial charge in [-0.3, -0.25) is 9.59 Å². The van der Waals surface area contributed by atoms with Crippen LogP contribution in [0.4, 0.5) is 0 Å². The van der Waals surface area contributed by atoms with Crippen molar-refractivity contribution in [2.45, 2.75) is 193 Å². The number of aliphatic hydroxyl groups excluding tert-OH is 1. The fourth-order valence-corrected chi connectivity index (χ4v) is 20.2. The molecule has 4 rings (SSSR count). The number of unbranched alkanes of at least 4 members (excludes halogenated alkanes) is 1. The van der Waals surface area contributed by atoms with Crippen LogP contribution in [0.2, 0.25) is 21.7 Å². The Hall–Kier alpha value is -3.39. The number of aliphatic hydroxyl groups is 1. The molecule has 12 heteroatoms. The van der Waals surface area contributed by atoms with E-state index in [4.69, 9.17) is 32.5 Å². The minimum absolute atomic E-state index is 0.0198. The maximum absolute atomic E-state index is 13.0. The molecule has 0 aromatic heterocycles. The van der Waals surface area contributed by atoms with Gasteiger partial charge in [-0.15, -0.1) is 0 Å². The number of rotatable bonds is 21. The van der Waals surface area contributed by atoms with Gasteiger partial charge in [-0.25, -0.2) is 0 Å². The molecule has 2 aliphatic heterocycles. The highest BCUT2D eigenvalue weighted by Gasteiger charge is 2.52. The molecule has 0 saturated carbocycles. The summed E-state index contributed by atoms with van der Waals surface area (Å²) >= 11 is 0. The smallest absolute Gasteiger partial charge is 0.311 e. The number of carbonyl (C=O) groups excluding carboxylic acids is 2. The van der Waals surface area contributed by atoms with Crippen LogP contribution < -0.4 is 10.4 Å². The lowest BCUT2D eigenvalue weighted by Gasteiger charge is -2.45. The molecular weight excluding hydrogens is 877 g/mol. The largest absolute Gasteiger partial charge is 0.462 e. The molecule has 0 radical (unpaired) electrons. The van der Waals surface area contributed by atoms with E-state index >= 15 is 0 Å². The summed E-state index contributed by atoms with van der Waals surface area (Å²) in [5.74, 6) is 3.78. The molecule has 0 aliphatic carbocycles. The number of allylic oxidation sites excluding steroid dienone is 1. The SMILES string of the molecule is CO[C@]1(C#CC(O)[C@H](C)C[C@H]2O[C@H]([C@H](COC(=O)C(C)(C)C)O[Si](C(C)C)(C(C)C)C(C)C)C[C@H]2OC(C)=O)CC=C[C@@H](/C=C/CCCO[Si](c2ccccc2)(c2ccccc2)C(C)(C)C)O1. The minimum Gasteiger partial charge on any atom is -0.462 e. The van der Waals surface area contributed by atoms with Crippen LogP contribution in [0.25, 0.3) is 0 Å². The Labute approximate surface area is 406 Å². The average molecular weight is 961 g/mol. The lowest BCUT2D eigenvalue weighted by molar-refractivity contribution is -0.192. The first-order valence-corrected chi connectivity index (χ1v) is 28.7. The number of esters is 2. The summed E-state index contributed by atoms with van der Waals surface area (Å²) in [5.41, 5.74) is 0.143. The van der Waals surface area contributed by atoms with E-state index in [0.717, 1.165) is 12.8 Å². The van der Waals surface area contributed by atoms with E-state index in [1.54, 1.807) is 7.11 Å². The lowest BCUT2D eigenvalue weighted by atomic mass is 9.94. The summed E-state index contributed by atoms with van der Waals surface area (Å²) in [5, 5.41) is 13.9. The van der Waals surface area contributed by atoms with Crippen molar-refractivity contribution >= 4 is 38.9 Å². The molecule has 10 nitrogen and oxygen atoms in total. The van der Waals surface area contributed by atoms with Crippen LogP contribution in [0.5, 0.6) is 0 Å². The summed E-state index contributed by atoms with van der Waals surface area (Å²) in [4.78, 5) is 25.5. The van der Waals surface area contributed by atoms with Crippen molar-refractivity contribution in [2.24, 2.45) is 11.3 Å². The second kappa shape index (κ2) is 24.4. The van der Waals surface area contributed by atoms with Gasteiger partial charge in [0.2, 0.25) is 14.1 Å². The van der Waals surface area contributed by atoms with Crippen LogP contribution in [0.3, 0.4) is 0 Å². The first-order valence-electron chi connectivity index (χ1n) is 24.6. The van der Waals surface area contributed by atoms with Crippen molar-refractivity contribution in [3.8, 4) is 11.8 Å². The van der Waals surface area contributed by atoms with Crippen molar-refractivity contribution in [1.29, 1.82) is 0 Å². The molecule has 2 heterocycles. The van der Waals surface area contributed by atoms with Crippen molar-refractivity contribution in [3.63, 3.8) is 0 Å². The summed E-state index contributed by atoms with van der Waals surface area (Å²) in [6, 6.07) is 21.4. The van der Waals surface area contributed by atoms with Gasteiger partial charge in [0.15, 0.2) is 0 Å². The number of hydrogen-bond acceptors (Lipinski definition) is 10. The number of benzene rings is 2. The number of methoxy groups -OCH3 is 1. The van der Waals surface area contributed by atoms with E-state index in [1.807, 2.05) is 45.9 Å². The molecule has 372 valence electrons. The molecular formula is C55H84O10Si2. The van der Waals surface area contributed by atoms with Gasteiger partial charge in [-0.1, -0.05) is 160 Å². The third-order valence-electron chi connectivity index (χ3n) is 13.5. The summed E-state index contributed by atoms with van der Waals surface area (Å²) < 4.78 is 45.2. The van der Waals surface area contributed by atoms with Gasteiger partial charge in [0.25, 0.3) is 8.32 Å². The quantitative estimate of drug-likeness (QED) is 0.0426. The first kappa shape index (κ1) is 56.2. The fraction of sp³-hybridized carbons (Fsp3) is 0.636. The third kappa shape index (κ3) is 14.3. The highest BCUT2D eigenvalue weighted by atomic mass is 28.4. The second-order valence-electron chi connectivity index (χ2n) is 21.6. The minimum atomic E-state index is -2.61. The molecule has 67 heavy (non-hydrogen) atoms. The number of hydrogen-bond donors (Lipinski definition) is 1. The average Bonchev–Trinajstić information content (AvgIpc) is 3.65. The topological polar surface area (TPSA) is 119 Å². The zero-order valence-corrected chi connectivity index (χ0v) is 45.4. The van der Waals surface area contributed by atoms with Gasteiger partial charge < -0.3 is 37.6 Å². The maximum Gasteiger partial charge on any atom is 0.311 e. The Kier molecular flexibility index (Phi) is 20.5. The summed E-state index contributed by atoms with van der Waals surface area (Å²) in [7, 11) is -3.51. The van der Waals surface area contributed by atoms with Crippen LogP contribution in [-0.2, 0) is 42.1 Å². The van der Waals surface area contributed by atoms with E-state index in [9.17, 15) is 14.7 Å². The molecule has 2 aromatic rings. The van der Waals surface area contributed by atoms with E-state index in [2.05, 4.69) is 141 Å². The standard InChI is InChI=1S/C55H84O10Si2/c1-39(2)66(40(3)4,41(5)6)65-51(38-60-52(58)53(9,10)11)50-37-49(62-43(8)56)48(63-50)36-42(7)47(57)32-34-55(59-15)33-25-27-44(64-55)26-19-18-24-35-61-67(54(12,13)14,45-28-20-16-21-29-45)46-30-22-17-23-31-46/h16-17,19-23,25-31,39-42,44,47-51,57H,18,24,33,35-38H2,1-15H3/b26-19+/t42-,44-,47?,48-,49-,50+,51+,55-/m1/s1. The monoisotopic (exact) mass is 961 g/mol. The molecule has 1 N–H and O–H groups in total. The molecule has 2 aliphatic rings. The number of ether oxygens (including phenoxy) is 5. The number of carbonyl (C=O) groups is 2. The molecule has 1 saturated heterocycles. The molecule has 0 bridgehead atoms. The fourth-order valence-electron chi connectivity index (χ4n) is 10.1. The predicted molar refractivity (Wildman–Crippen MR) is 273 cm³/mol. The molecule has 1 fully saturated rings. The van der Waals surface area contributed by atoms with E-state index in [0.29, 0.717) is 25.9 Å². The van der Waals surface area contributed by atoms with Crippen molar-refractivity contribution in [1.82, 2.24) is 0 Å². The van der Waals surface area contributed by atoms with E-state index < -0.39 is 64.3 Å². The van der Waals surface area contributed by atoms with E-state index in [-0.39, 0.29) is 46.3 Å². The Balaban J connectivity index is 1.43. The van der Waals surface area contributed by atoms with Crippen LogP contribution in [0, 0.1) is 23.2 Å². The molecule has 0 amide bonds. The van der Waals surface area contributed by atoms with Crippen molar-refractivity contribution in [3.05, 3.63) is 85.0 Å². The van der Waals surface area contributed by atoms with Crippen LogP contribution in [0.15, 0.2) is 85.0 Å². The maximum atomic E-state index is 13.0. The van der Waals surface area contributed by atoms with Gasteiger partial charge >= 0.3 is 11.9 Å². The second-order valence-corrected chi connectivity index (χ2v) is 31.3. The molecule has 0 spiro atoms. The Morgan fingerprint density at radius 1 is 0.910 bits per heavy atom. The van der Waals surface area contributed by atoms with E-state index in [1.165, 1.54) is 17.3 Å². The van der Waals surface area contributed by atoms with Crippen LogP contribution in [0.1, 0.15) is 129 Å².